The van der Waals surface area contributed by atoms with Gasteiger partial charge in [0, 0.05) is 42.9 Å². The first-order valence-electron chi connectivity index (χ1n) is 11.6. The average Bonchev–Trinajstić information content (AvgIpc) is 3.09. The van der Waals surface area contributed by atoms with Crippen LogP contribution in [0.3, 0.4) is 0 Å². The Hall–Kier alpha value is -1.97. The Bertz CT molecular complexity index is 790. The molecular formula is C25H36N4. The number of benzene rings is 1. The summed E-state index contributed by atoms with van der Waals surface area (Å²) < 4.78 is 0. The highest BCUT2D eigenvalue weighted by Gasteiger charge is 2.63. The van der Waals surface area contributed by atoms with Gasteiger partial charge in [0.15, 0.2) is 6.29 Å². The lowest BCUT2D eigenvalue weighted by atomic mass is 9.69. The highest BCUT2D eigenvalue weighted by atomic mass is 15.4. The van der Waals surface area contributed by atoms with Crippen LogP contribution in [0, 0.1) is 16.7 Å². The molecule has 1 aromatic carbocycles. The zero-order valence-electron chi connectivity index (χ0n) is 18.3. The maximum atomic E-state index is 4.82. The van der Waals surface area contributed by atoms with Crippen LogP contribution in [-0.2, 0) is 0 Å². The van der Waals surface area contributed by atoms with Crippen LogP contribution in [0.25, 0.3) is 0 Å². The van der Waals surface area contributed by atoms with Crippen molar-refractivity contribution in [3.63, 3.8) is 0 Å². The van der Waals surface area contributed by atoms with Crippen LogP contribution in [0.2, 0.25) is 0 Å². The lowest BCUT2D eigenvalue weighted by molar-refractivity contribution is 0.0545. The van der Waals surface area contributed by atoms with Gasteiger partial charge in [-0.05, 0) is 85.6 Å². The van der Waals surface area contributed by atoms with Crippen LogP contribution in [0.4, 0.5) is 11.4 Å². The third-order valence-electron chi connectivity index (χ3n) is 8.85. The standard InChI is InChI=1S/C25H36N4/c1-24(2)19-12-13-25(24,3)22(18-19)29-17-7-14-26-23(29)27-20-8-10-21(11-9-20)28-15-5-4-6-16-28/h7-11,14,17,19,22-23,27H,4-6,12-13,15-16,18H2,1-3H3. The van der Waals surface area contributed by atoms with Crippen molar-refractivity contribution in [1.29, 1.82) is 0 Å². The summed E-state index contributed by atoms with van der Waals surface area (Å²) >= 11 is 0. The van der Waals surface area contributed by atoms with Crippen molar-refractivity contribution in [2.24, 2.45) is 21.7 Å². The van der Waals surface area contributed by atoms with Gasteiger partial charge in [0.05, 0.1) is 0 Å². The van der Waals surface area contributed by atoms with E-state index in [1.54, 1.807) is 0 Å². The monoisotopic (exact) mass is 392 g/mol. The summed E-state index contributed by atoms with van der Waals surface area (Å²) in [5, 5.41) is 3.70. The molecule has 0 spiro atoms. The van der Waals surface area contributed by atoms with Gasteiger partial charge in [-0.2, -0.15) is 0 Å². The molecule has 0 radical (unpaired) electrons. The maximum Gasteiger partial charge on any atom is 0.196 e. The molecule has 1 saturated heterocycles. The van der Waals surface area contributed by atoms with Crippen LogP contribution < -0.4 is 10.2 Å². The molecule has 2 aliphatic heterocycles. The van der Waals surface area contributed by atoms with Crippen molar-refractivity contribution >= 4 is 17.6 Å². The van der Waals surface area contributed by atoms with Gasteiger partial charge < -0.3 is 15.1 Å². The number of nitrogens with zero attached hydrogens (tertiary/aromatic N) is 3. The van der Waals surface area contributed by atoms with E-state index < -0.39 is 0 Å². The Morgan fingerprint density at radius 2 is 1.79 bits per heavy atom. The highest BCUT2D eigenvalue weighted by molar-refractivity contribution is 5.72. The minimum absolute atomic E-state index is 0.0159. The minimum Gasteiger partial charge on any atom is -0.372 e. The molecule has 4 aliphatic rings. The predicted octanol–water partition coefficient (Wildman–Crippen LogP) is 5.49. The summed E-state index contributed by atoms with van der Waals surface area (Å²) in [5.41, 5.74) is 3.27. The highest BCUT2D eigenvalue weighted by Crippen LogP contribution is 2.66. The molecular weight excluding hydrogens is 356 g/mol. The van der Waals surface area contributed by atoms with E-state index in [0.29, 0.717) is 16.9 Å². The Labute approximate surface area is 176 Å². The van der Waals surface area contributed by atoms with Crippen molar-refractivity contribution in [2.45, 2.75) is 71.6 Å². The number of nitrogens with one attached hydrogen (secondary N) is 1. The molecule has 4 nitrogen and oxygen atoms in total. The third-order valence-corrected chi connectivity index (χ3v) is 8.85. The van der Waals surface area contributed by atoms with Gasteiger partial charge in [0.25, 0.3) is 0 Å². The van der Waals surface area contributed by atoms with Crippen LogP contribution in [0.15, 0.2) is 41.5 Å². The molecule has 156 valence electrons. The van der Waals surface area contributed by atoms with Gasteiger partial charge in [-0.3, -0.25) is 0 Å². The van der Waals surface area contributed by atoms with Gasteiger partial charge in [-0.15, -0.1) is 0 Å². The van der Waals surface area contributed by atoms with Crippen LogP contribution in [-0.4, -0.2) is 36.5 Å². The zero-order chi connectivity index (χ0) is 20.1. The molecule has 0 aromatic heterocycles. The molecule has 4 heteroatoms. The SMILES string of the molecule is CC1(C)C2CCC1(C)C(N1C=CC=NC1Nc1ccc(N3CCCCC3)cc1)C2. The normalized spacial score (nSPS) is 35.3. The number of hydrogen-bond acceptors (Lipinski definition) is 4. The molecule has 0 amide bonds. The van der Waals surface area contributed by atoms with Crippen molar-refractivity contribution in [1.82, 2.24) is 4.90 Å². The first-order chi connectivity index (χ1) is 14.0. The fourth-order valence-corrected chi connectivity index (χ4v) is 6.50. The molecule has 2 aliphatic carbocycles. The van der Waals surface area contributed by atoms with Gasteiger partial charge in [0.2, 0.25) is 0 Å². The summed E-state index contributed by atoms with van der Waals surface area (Å²) in [7, 11) is 0. The summed E-state index contributed by atoms with van der Waals surface area (Å²) in [6.07, 6.45) is 14.3. The summed E-state index contributed by atoms with van der Waals surface area (Å²) in [6, 6.07) is 9.53. The quantitative estimate of drug-likeness (QED) is 0.735. The van der Waals surface area contributed by atoms with Gasteiger partial charge in [-0.25, -0.2) is 4.99 Å². The number of piperidine rings is 1. The Morgan fingerprint density at radius 3 is 2.45 bits per heavy atom. The lowest BCUT2D eigenvalue weighted by Gasteiger charge is -2.46. The second-order valence-corrected chi connectivity index (χ2v) is 10.3. The molecule has 1 N–H and O–H groups in total. The molecule has 2 heterocycles. The smallest absolute Gasteiger partial charge is 0.196 e. The number of hydrogen-bond donors (Lipinski definition) is 1. The van der Waals surface area contributed by atoms with Crippen LogP contribution >= 0.6 is 0 Å². The Kier molecular flexibility index (Phi) is 4.64. The minimum atomic E-state index is -0.0159. The third kappa shape index (κ3) is 3.06. The molecule has 29 heavy (non-hydrogen) atoms. The molecule has 4 atom stereocenters. The van der Waals surface area contributed by atoms with Crippen molar-refractivity contribution < 1.29 is 0 Å². The summed E-state index contributed by atoms with van der Waals surface area (Å²) in [5.74, 6) is 0.835. The molecule has 5 rings (SSSR count). The van der Waals surface area contributed by atoms with E-state index in [0.717, 1.165) is 11.6 Å². The summed E-state index contributed by atoms with van der Waals surface area (Å²) in [6.45, 7) is 9.87. The van der Waals surface area contributed by atoms with Gasteiger partial charge in [-0.1, -0.05) is 20.8 Å². The van der Waals surface area contributed by atoms with Crippen molar-refractivity contribution in [3.05, 3.63) is 36.5 Å². The topological polar surface area (TPSA) is 30.9 Å². The lowest BCUT2D eigenvalue weighted by Crippen LogP contribution is -2.51. The van der Waals surface area contributed by atoms with Crippen LogP contribution in [0.5, 0.6) is 0 Å². The number of fused-ring (bicyclic) bond motifs is 2. The van der Waals surface area contributed by atoms with E-state index in [1.807, 2.05) is 6.21 Å². The molecule has 2 bridgehead atoms. The molecule has 2 saturated carbocycles. The molecule has 3 fully saturated rings. The van der Waals surface area contributed by atoms with Crippen LogP contribution in [0.1, 0.15) is 59.3 Å². The Balaban J connectivity index is 1.31. The second kappa shape index (κ2) is 7.07. The summed E-state index contributed by atoms with van der Waals surface area (Å²) in [4.78, 5) is 9.83. The number of allylic oxidation sites excluding steroid dienone is 1. The second-order valence-electron chi connectivity index (χ2n) is 10.3. The molecule has 1 aromatic rings. The van der Waals surface area contributed by atoms with Crippen molar-refractivity contribution in [2.75, 3.05) is 23.3 Å². The maximum absolute atomic E-state index is 4.82. The predicted molar refractivity (Wildman–Crippen MR) is 122 cm³/mol. The van der Waals surface area contributed by atoms with Gasteiger partial charge >= 0.3 is 0 Å². The zero-order valence-corrected chi connectivity index (χ0v) is 18.3. The molecule has 4 unspecified atom stereocenters. The van der Waals surface area contributed by atoms with E-state index in [9.17, 15) is 0 Å². The first-order valence-corrected chi connectivity index (χ1v) is 11.6. The number of aliphatic imine (C=N–C) groups is 1. The number of rotatable bonds is 4. The van der Waals surface area contributed by atoms with E-state index in [-0.39, 0.29) is 6.29 Å². The number of anilines is 2. The van der Waals surface area contributed by atoms with Gasteiger partial charge in [0.1, 0.15) is 0 Å². The van der Waals surface area contributed by atoms with E-state index in [2.05, 4.69) is 72.4 Å². The van der Waals surface area contributed by atoms with E-state index in [1.165, 1.54) is 57.3 Å². The van der Waals surface area contributed by atoms with E-state index >= 15 is 0 Å². The van der Waals surface area contributed by atoms with E-state index in [4.69, 9.17) is 4.99 Å². The fourth-order valence-electron chi connectivity index (χ4n) is 6.50. The fraction of sp³-hybridized carbons (Fsp3) is 0.640. The Morgan fingerprint density at radius 1 is 1.03 bits per heavy atom. The van der Waals surface area contributed by atoms with Crippen molar-refractivity contribution in [3.8, 4) is 0 Å². The average molecular weight is 393 g/mol. The largest absolute Gasteiger partial charge is 0.372 e. The first kappa shape index (κ1) is 19.0.